The number of fused-ring (bicyclic) bond motifs is 2. The molecule has 0 fully saturated rings. The Morgan fingerprint density at radius 2 is 2.09 bits per heavy atom. The first-order valence-electron chi connectivity index (χ1n) is 6.83. The van der Waals surface area contributed by atoms with E-state index < -0.39 is 10.0 Å². The minimum absolute atomic E-state index is 0.237. The largest absolute Gasteiger partial charge is 0.493 e. The second kappa shape index (κ2) is 4.74. The van der Waals surface area contributed by atoms with E-state index in [0.717, 1.165) is 28.6 Å². The Labute approximate surface area is 127 Å². The highest BCUT2D eigenvalue weighted by Crippen LogP contribution is 2.28. The summed E-state index contributed by atoms with van der Waals surface area (Å²) in [5.41, 5.74) is 2.20. The molecule has 2 heterocycles. The minimum atomic E-state index is -3.63. The molecule has 0 spiro atoms. The quantitative estimate of drug-likeness (QED) is 0.777. The minimum Gasteiger partial charge on any atom is -0.493 e. The SMILES string of the molecule is O=S(=O)(Nc1ccc2cn[nH]c2c1)c1ccc2c(c1)CCO2. The van der Waals surface area contributed by atoms with Crippen molar-refractivity contribution < 1.29 is 13.2 Å². The molecule has 0 radical (unpaired) electrons. The third kappa shape index (κ3) is 2.19. The monoisotopic (exact) mass is 315 g/mol. The fourth-order valence-corrected chi connectivity index (χ4v) is 3.64. The van der Waals surface area contributed by atoms with E-state index in [1.165, 1.54) is 0 Å². The predicted octanol–water partition coefficient (Wildman–Crippen LogP) is 2.30. The van der Waals surface area contributed by atoms with Gasteiger partial charge in [-0.2, -0.15) is 5.10 Å². The van der Waals surface area contributed by atoms with Crippen molar-refractivity contribution in [2.75, 3.05) is 11.3 Å². The van der Waals surface area contributed by atoms with Crippen LogP contribution in [0.15, 0.2) is 47.5 Å². The van der Waals surface area contributed by atoms with Crippen molar-refractivity contribution in [1.29, 1.82) is 0 Å². The van der Waals surface area contributed by atoms with E-state index >= 15 is 0 Å². The normalized spacial score (nSPS) is 13.8. The predicted molar refractivity (Wildman–Crippen MR) is 82.5 cm³/mol. The summed E-state index contributed by atoms with van der Waals surface area (Å²) >= 11 is 0. The summed E-state index contributed by atoms with van der Waals surface area (Å²) in [4.78, 5) is 0.237. The van der Waals surface area contributed by atoms with E-state index in [2.05, 4.69) is 14.9 Å². The number of hydrogen-bond donors (Lipinski definition) is 2. The molecule has 2 aromatic carbocycles. The number of H-pyrrole nitrogens is 1. The number of aromatic amines is 1. The zero-order valence-electron chi connectivity index (χ0n) is 11.5. The van der Waals surface area contributed by atoms with Gasteiger partial charge in [0.05, 0.1) is 28.9 Å². The van der Waals surface area contributed by atoms with Gasteiger partial charge in [0, 0.05) is 11.8 Å². The summed E-state index contributed by atoms with van der Waals surface area (Å²) in [7, 11) is -3.63. The molecule has 112 valence electrons. The first kappa shape index (κ1) is 13.1. The molecular weight excluding hydrogens is 302 g/mol. The molecule has 2 N–H and O–H groups in total. The van der Waals surface area contributed by atoms with Gasteiger partial charge in [0.25, 0.3) is 10.0 Å². The Hall–Kier alpha value is -2.54. The lowest BCUT2D eigenvalue weighted by Crippen LogP contribution is -2.13. The van der Waals surface area contributed by atoms with Gasteiger partial charge in [-0.05, 0) is 42.0 Å². The van der Waals surface area contributed by atoms with E-state index in [4.69, 9.17) is 4.74 Å². The topological polar surface area (TPSA) is 84.1 Å². The second-order valence-electron chi connectivity index (χ2n) is 5.15. The molecule has 1 aromatic heterocycles. The molecule has 0 bridgehead atoms. The highest BCUT2D eigenvalue weighted by Gasteiger charge is 2.19. The van der Waals surface area contributed by atoms with Crippen molar-refractivity contribution in [3.63, 3.8) is 0 Å². The van der Waals surface area contributed by atoms with Crippen LogP contribution in [0.4, 0.5) is 5.69 Å². The van der Waals surface area contributed by atoms with Gasteiger partial charge in [-0.25, -0.2) is 8.42 Å². The zero-order valence-corrected chi connectivity index (χ0v) is 12.4. The van der Waals surface area contributed by atoms with Crippen LogP contribution in [0.1, 0.15) is 5.56 Å². The van der Waals surface area contributed by atoms with Gasteiger partial charge in [0.15, 0.2) is 0 Å². The van der Waals surface area contributed by atoms with Crippen molar-refractivity contribution >= 4 is 26.6 Å². The maximum Gasteiger partial charge on any atom is 0.261 e. The van der Waals surface area contributed by atoms with Crippen LogP contribution in [-0.4, -0.2) is 25.2 Å². The van der Waals surface area contributed by atoms with Crippen LogP contribution in [0.25, 0.3) is 10.9 Å². The molecule has 22 heavy (non-hydrogen) atoms. The molecule has 0 saturated carbocycles. The van der Waals surface area contributed by atoms with Crippen LogP contribution < -0.4 is 9.46 Å². The smallest absolute Gasteiger partial charge is 0.261 e. The molecule has 4 rings (SSSR count). The lowest BCUT2D eigenvalue weighted by molar-refractivity contribution is 0.356. The summed E-state index contributed by atoms with van der Waals surface area (Å²) in [6.45, 7) is 0.600. The molecule has 0 saturated heterocycles. The third-order valence-electron chi connectivity index (χ3n) is 3.67. The highest BCUT2D eigenvalue weighted by atomic mass is 32.2. The van der Waals surface area contributed by atoms with Gasteiger partial charge in [-0.1, -0.05) is 0 Å². The van der Waals surface area contributed by atoms with Crippen molar-refractivity contribution in [3.05, 3.63) is 48.2 Å². The number of aromatic nitrogens is 2. The number of anilines is 1. The average Bonchev–Trinajstić information content (AvgIpc) is 3.14. The van der Waals surface area contributed by atoms with Crippen molar-refractivity contribution in [1.82, 2.24) is 10.2 Å². The van der Waals surface area contributed by atoms with E-state index in [0.29, 0.717) is 12.3 Å². The summed E-state index contributed by atoms with van der Waals surface area (Å²) in [6, 6.07) is 10.2. The lowest BCUT2D eigenvalue weighted by Gasteiger charge is -2.09. The van der Waals surface area contributed by atoms with Crippen molar-refractivity contribution in [3.8, 4) is 5.75 Å². The fourth-order valence-electron chi connectivity index (χ4n) is 2.54. The number of nitrogens with one attached hydrogen (secondary N) is 2. The van der Waals surface area contributed by atoms with Crippen LogP contribution >= 0.6 is 0 Å². The third-order valence-corrected chi connectivity index (χ3v) is 5.04. The van der Waals surface area contributed by atoms with Gasteiger partial charge in [0.2, 0.25) is 0 Å². The van der Waals surface area contributed by atoms with Gasteiger partial charge < -0.3 is 4.74 Å². The molecule has 0 unspecified atom stereocenters. The number of nitrogens with zero attached hydrogens (tertiary/aromatic N) is 1. The van der Waals surface area contributed by atoms with Gasteiger partial charge in [-0.15, -0.1) is 0 Å². The Morgan fingerprint density at radius 3 is 3.00 bits per heavy atom. The Balaban J connectivity index is 1.68. The van der Waals surface area contributed by atoms with E-state index in [1.54, 1.807) is 36.5 Å². The number of hydrogen-bond acceptors (Lipinski definition) is 4. The molecule has 1 aliphatic rings. The molecule has 0 amide bonds. The molecule has 0 atom stereocenters. The van der Waals surface area contributed by atoms with Gasteiger partial charge >= 0.3 is 0 Å². The Kier molecular flexibility index (Phi) is 2.83. The second-order valence-corrected chi connectivity index (χ2v) is 6.83. The average molecular weight is 315 g/mol. The first-order valence-corrected chi connectivity index (χ1v) is 8.32. The van der Waals surface area contributed by atoms with E-state index in [-0.39, 0.29) is 4.90 Å². The zero-order chi connectivity index (χ0) is 15.2. The molecule has 1 aliphatic heterocycles. The van der Waals surface area contributed by atoms with Crippen molar-refractivity contribution in [2.45, 2.75) is 11.3 Å². The summed E-state index contributed by atoms with van der Waals surface area (Å²) < 4.78 is 33.0. The fraction of sp³-hybridized carbons (Fsp3) is 0.133. The highest BCUT2D eigenvalue weighted by molar-refractivity contribution is 7.92. The standard InChI is InChI=1S/C15H13N3O3S/c19-22(20,13-3-4-15-10(7-13)5-6-21-15)18-12-2-1-11-9-16-17-14(11)8-12/h1-4,7-9,18H,5-6H2,(H,16,17). The summed E-state index contributed by atoms with van der Waals surface area (Å²) in [5, 5.41) is 7.67. The summed E-state index contributed by atoms with van der Waals surface area (Å²) in [6.07, 6.45) is 2.42. The first-order chi connectivity index (χ1) is 10.6. The molecular formula is C15H13N3O3S. The molecule has 7 heteroatoms. The molecule has 0 aliphatic carbocycles. The van der Waals surface area contributed by atoms with Crippen LogP contribution in [0, 0.1) is 0 Å². The van der Waals surface area contributed by atoms with Gasteiger partial charge in [0.1, 0.15) is 5.75 Å². The number of ether oxygens (including phenoxy) is 1. The van der Waals surface area contributed by atoms with E-state index in [9.17, 15) is 8.42 Å². The number of sulfonamides is 1. The van der Waals surface area contributed by atoms with E-state index in [1.807, 2.05) is 6.07 Å². The van der Waals surface area contributed by atoms with Crippen LogP contribution in [0.2, 0.25) is 0 Å². The Bertz CT molecular complexity index is 963. The molecule has 6 nitrogen and oxygen atoms in total. The number of benzene rings is 2. The summed E-state index contributed by atoms with van der Waals surface area (Å²) in [5.74, 6) is 0.762. The van der Waals surface area contributed by atoms with Gasteiger partial charge in [-0.3, -0.25) is 9.82 Å². The van der Waals surface area contributed by atoms with Crippen LogP contribution in [-0.2, 0) is 16.4 Å². The maximum atomic E-state index is 12.5. The molecule has 3 aromatic rings. The lowest BCUT2D eigenvalue weighted by atomic mass is 10.2. The van der Waals surface area contributed by atoms with Crippen LogP contribution in [0.3, 0.4) is 0 Å². The Morgan fingerprint density at radius 1 is 1.18 bits per heavy atom. The number of rotatable bonds is 3. The van der Waals surface area contributed by atoms with Crippen molar-refractivity contribution in [2.24, 2.45) is 0 Å². The maximum absolute atomic E-state index is 12.5. The van der Waals surface area contributed by atoms with Crippen LogP contribution in [0.5, 0.6) is 5.75 Å².